The van der Waals surface area contributed by atoms with E-state index in [1.807, 2.05) is 36.4 Å². The molecular formula is C19H22N2O3. The van der Waals surface area contributed by atoms with Crippen LogP contribution in [0.5, 0.6) is 0 Å². The Hall–Kier alpha value is -2.66. The highest BCUT2D eigenvalue weighted by atomic mass is 16.5. The molecule has 2 rings (SSSR count). The van der Waals surface area contributed by atoms with Crippen LogP contribution in [0.3, 0.4) is 0 Å². The summed E-state index contributed by atoms with van der Waals surface area (Å²) >= 11 is 0. The molecule has 0 aliphatic rings. The van der Waals surface area contributed by atoms with Gasteiger partial charge in [-0.2, -0.15) is 0 Å². The van der Waals surface area contributed by atoms with Crippen molar-refractivity contribution in [3.63, 3.8) is 0 Å². The molecule has 0 heterocycles. The molecule has 2 amide bonds. The zero-order valence-electron chi connectivity index (χ0n) is 13.6. The van der Waals surface area contributed by atoms with Crippen molar-refractivity contribution in [2.75, 3.05) is 6.61 Å². The molecular weight excluding hydrogens is 304 g/mol. The van der Waals surface area contributed by atoms with E-state index in [2.05, 4.69) is 5.32 Å². The minimum atomic E-state index is -0.838. The second-order valence-electron chi connectivity index (χ2n) is 5.66. The molecule has 0 bridgehead atoms. The summed E-state index contributed by atoms with van der Waals surface area (Å²) in [4.78, 5) is 23.9. The number of ether oxygens (including phenoxy) is 1. The SMILES string of the molecule is C[C@@H](COCc1ccccc1)C(=O)N[C@@H](C(N)=O)c1ccccc1. The first-order chi connectivity index (χ1) is 11.6. The van der Waals surface area contributed by atoms with E-state index < -0.39 is 11.9 Å². The molecule has 5 heteroatoms. The standard InChI is InChI=1S/C19H22N2O3/c1-14(12-24-13-15-8-4-2-5-9-15)19(23)21-17(18(20)22)16-10-6-3-7-11-16/h2-11,14,17H,12-13H2,1H3,(H2,20,22)(H,21,23)/t14-,17+/m0/s1. The number of rotatable bonds is 8. The van der Waals surface area contributed by atoms with Gasteiger partial charge in [0.05, 0.1) is 19.1 Å². The van der Waals surface area contributed by atoms with Crippen LogP contribution in [0.1, 0.15) is 24.1 Å². The van der Waals surface area contributed by atoms with E-state index in [1.165, 1.54) is 0 Å². The van der Waals surface area contributed by atoms with Gasteiger partial charge in [0.15, 0.2) is 0 Å². The number of carbonyl (C=O) groups is 2. The summed E-state index contributed by atoms with van der Waals surface area (Å²) in [6.45, 7) is 2.46. The minimum absolute atomic E-state index is 0.265. The maximum absolute atomic E-state index is 12.3. The van der Waals surface area contributed by atoms with Crippen molar-refractivity contribution in [2.24, 2.45) is 11.7 Å². The van der Waals surface area contributed by atoms with Crippen molar-refractivity contribution in [3.8, 4) is 0 Å². The van der Waals surface area contributed by atoms with E-state index in [0.29, 0.717) is 12.2 Å². The highest BCUT2D eigenvalue weighted by Gasteiger charge is 2.23. The van der Waals surface area contributed by atoms with E-state index in [1.54, 1.807) is 31.2 Å². The first-order valence-corrected chi connectivity index (χ1v) is 7.84. The fraction of sp³-hybridized carbons (Fsp3) is 0.263. The van der Waals surface area contributed by atoms with Crippen LogP contribution in [0.25, 0.3) is 0 Å². The Morgan fingerprint density at radius 3 is 2.21 bits per heavy atom. The van der Waals surface area contributed by atoms with Gasteiger partial charge in [0.25, 0.3) is 0 Å². The van der Waals surface area contributed by atoms with Gasteiger partial charge in [-0.15, -0.1) is 0 Å². The molecule has 0 radical (unpaired) electrons. The Kier molecular flexibility index (Phi) is 6.51. The average molecular weight is 326 g/mol. The summed E-state index contributed by atoms with van der Waals surface area (Å²) in [5.74, 6) is -1.25. The van der Waals surface area contributed by atoms with Crippen LogP contribution in [-0.2, 0) is 20.9 Å². The van der Waals surface area contributed by atoms with Gasteiger partial charge in [-0.3, -0.25) is 9.59 Å². The van der Waals surface area contributed by atoms with Crippen LogP contribution in [0, 0.1) is 5.92 Å². The lowest BCUT2D eigenvalue weighted by Crippen LogP contribution is -2.40. The fourth-order valence-electron chi connectivity index (χ4n) is 2.25. The van der Waals surface area contributed by atoms with Crippen LogP contribution < -0.4 is 11.1 Å². The van der Waals surface area contributed by atoms with E-state index >= 15 is 0 Å². The Morgan fingerprint density at radius 1 is 1.04 bits per heavy atom. The number of amides is 2. The number of benzene rings is 2. The molecule has 0 unspecified atom stereocenters. The van der Waals surface area contributed by atoms with Crippen molar-refractivity contribution in [1.82, 2.24) is 5.32 Å². The van der Waals surface area contributed by atoms with Gasteiger partial charge in [-0.05, 0) is 11.1 Å². The van der Waals surface area contributed by atoms with Gasteiger partial charge >= 0.3 is 0 Å². The largest absolute Gasteiger partial charge is 0.376 e. The molecule has 0 aliphatic heterocycles. The van der Waals surface area contributed by atoms with Crippen LogP contribution in [-0.4, -0.2) is 18.4 Å². The summed E-state index contributed by atoms with van der Waals surface area (Å²) in [6.07, 6.45) is 0. The lowest BCUT2D eigenvalue weighted by molar-refractivity contribution is -0.131. The predicted octanol–water partition coefficient (Wildman–Crippen LogP) is 2.18. The molecule has 0 fully saturated rings. The molecule has 2 aromatic carbocycles. The lowest BCUT2D eigenvalue weighted by Gasteiger charge is -2.19. The van der Waals surface area contributed by atoms with Crippen molar-refractivity contribution in [2.45, 2.75) is 19.6 Å². The number of hydrogen-bond acceptors (Lipinski definition) is 3. The van der Waals surface area contributed by atoms with E-state index in [0.717, 1.165) is 5.56 Å². The maximum Gasteiger partial charge on any atom is 0.244 e. The highest BCUT2D eigenvalue weighted by Crippen LogP contribution is 2.13. The van der Waals surface area contributed by atoms with Gasteiger partial charge in [0.2, 0.25) is 11.8 Å². The molecule has 0 saturated heterocycles. The van der Waals surface area contributed by atoms with Gasteiger partial charge in [0.1, 0.15) is 6.04 Å². The summed E-state index contributed by atoms with van der Waals surface area (Å²) < 4.78 is 5.57. The van der Waals surface area contributed by atoms with Gasteiger partial charge < -0.3 is 15.8 Å². The van der Waals surface area contributed by atoms with Crippen LogP contribution in [0.15, 0.2) is 60.7 Å². The molecule has 2 aromatic rings. The summed E-state index contributed by atoms with van der Waals surface area (Å²) in [5, 5.41) is 2.69. The van der Waals surface area contributed by atoms with Gasteiger partial charge in [-0.1, -0.05) is 67.6 Å². The molecule has 3 N–H and O–H groups in total. The zero-order valence-corrected chi connectivity index (χ0v) is 13.6. The van der Waals surface area contributed by atoms with E-state index in [4.69, 9.17) is 10.5 Å². The molecule has 0 saturated carbocycles. The van der Waals surface area contributed by atoms with E-state index in [-0.39, 0.29) is 18.4 Å². The number of primary amides is 1. The van der Waals surface area contributed by atoms with Crippen LogP contribution in [0.2, 0.25) is 0 Å². The van der Waals surface area contributed by atoms with E-state index in [9.17, 15) is 9.59 Å². The molecule has 5 nitrogen and oxygen atoms in total. The maximum atomic E-state index is 12.3. The van der Waals surface area contributed by atoms with Crippen LogP contribution in [0.4, 0.5) is 0 Å². The monoisotopic (exact) mass is 326 g/mol. The summed E-state index contributed by atoms with van der Waals surface area (Å²) in [5.41, 5.74) is 7.12. The number of carbonyl (C=O) groups excluding carboxylic acids is 2. The van der Waals surface area contributed by atoms with Crippen molar-refractivity contribution in [1.29, 1.82) is 0 Å². The molecule has 0 aromatic heterocycles. The zero-order chi connectivity index (χ0) is 17.4. The topological polar surface area (TPSA) is 81.4 Å². The summed E-state index contributed by atoms with van der Waals surface area (Å²) in [7, 11) is 0. The third-order valence-corrected chi connectivity index (χ3v) is 3.63. The Morgan fingerprint density at radius 2 is 1.62 bits per heavy atom. The Balaban J connectivity index is 1.86. The highest BCUT2D eigenvalue weighted by molar-refractivity contribution is 5.88. The predicted molar refractivity (Wildman–Crippen MR) is 91.8 cm³/mol. The first kappa shape index (κ1) is 17.7. The van der Waals surface area contributed by atoms with Crippen molar-refractivity contribution >= 4 is 11.8 Å². The second kappa shape index (κ2) is 8.84. The molecule has 0 spiro atoms. The van der Waals surface area contributed by atoms with Gasteiger partial charge in [-0.25, -0.2) is 0 Å². The van der Waals surface area contributed by atoms with Crippen molar-refractivity contribution in [3.05, 3.63) is 71.8 Å². The number of nitrogens with two attached hydrogens (primary N) is 1. The molecule has 2 atom stereocenters. The number of hydrogen-bond donors (Lipinski definition) is 2. The fourth-order valence-corrected chi connectivity index (χ4v) is 2.25. The molecule has 0 aliphatic carbocycles. The van der Waals surface area contributed by atoms with Crippen molar-refractivity contribution < 1.29 is 14.3 Å². The normalized spacial score (nSPS) is 13.0. The average Bonchev–Trinajstić information content (AvgIpc) is 2.60. The Labute approximate surface area is 141 Å². The summed E-state index contributed by atoms with van der Waals surface area (Å²) in [6, 6.07) is 17.8. The third-order valence-electron chi connectivity index (χ3n) is 3.63. The van der Waals surface area contributed by atoms with Gasteiger partial charge in [0, 0.05) is 0 Å². The second-order valence-corrected chi connectivity index (χ2v) is 5.66. The Bertz CT molecular complexity index is 659. The minimum Gasteiger partial charge on any atom is -0.376 e. The smallest absolute Gasteiger partial charge is 0.244 e. The quantitative estimate of drug-likeness (QED) is 0.780. The first-order valence-electron chi connectivity index (χ1n) is 7.84. The molecule has 126 valence electrons. The van der Waals surface area contributed by atoms with Crippen LogP contribution >= 0.6 is 0 Å². The molecule has 24 heavy (non-hydrogen) atoms. The lowest BCUT2D eigenvalue weighted by atomic mass is 10.1. The third kappa shape index (κ3) is 5.21. The number of nitrogens with one attached hydrogen (secondary N) is 1.